The quantitative estimate of drug-likeness (QED) is 0.845. The van der Waals surface area contributed by atoms with E-state index in [-0.39, 0.29) is 0 Å². The average Bonchev–Trinajstić information content (AvgIpc) is 2.39. The number of pyridine rings is 1. The highest BCUT2D eigenvalue weighted by Gasteiger charge is 2.06. The molecule has 0 bridgehead atoms. The summed E-state index contributed by atoms with van der Waals surface area (Å²) in [7, 11) is 0. The van der Waals surface area contributed by atoms with Crippen molar-refractivity contribution in [3.8, 4) is 0 Å². The summed E-state index contributed by atoms with van der Waals surface area (Å²) >= 11 is 0. The molecule has 0 spiro atoms. The van der Waals surface area contributed by atoms with E-state index in [0.717, 1.165) is 29.8 Å². The lowest BCUT2D eigenvalue weighted by Crippen LogP contribution is -1.99. The predicted molar refractivity (Wildman–Crippen MR) is 81.1 cm³/mol. The van der Waals surface area contributed by atoms with E-state index in [1.165, 1.54) is 5.56 Å². The Hall–Kier alpha value is -2.16. The summed E-state index contributed by atoms with van der Waals surface area (Å²) in [6.45, 7) is 4.07. The molecule has 0 aliphatic rings. The van der Waals surface area contributed by atoms with Crippen molar-refractivity contribution in [3.05, 3.63) is 53.2 Å². The third kappa shape index (κ3) is 3.41. The first-order chi connectivity index (χ1) is 9.20. The minimum Gasteiger partial charge on any atom is -0.382 e. The van der Waals surface area contributed by atoms with Gasteiger partial charge in [-0.2, -0.15) is 0 Å². The predicted octanol–water partition coefficient (Wildman–Crippen LogP) is 3.68. The van der Waals surface area contributed by atoms with Crippen molar-refractivity contribution in [2.75, 3.05) is 5.73 Å². The first-order valence-corrected chi connectivity index (χ1v) is 6.53. The normalized spacial score (nSPS) is 11.1. The van der Waals surface area contributed by atoms with Crippen LogP contribution >= 0.6 is 0 Å². The van der Waals surface area contributed by atoms with E-state index in [1.807, 2.05) is 38.3 Å². The Kier molecular flexibility index (Phi) is 4.29. The Balaban J connectivity index is 2.27. The van der Waals surface area contributed by atoms with E-state index >= 15 is 0 Å². The zero-order valence-electron chi connectivity index (χ0n) is 11.4. The Morgan fingerprint density at radius 2 is 2.00 bits per heavy atom. The molecule has 0 atom stereocenters. The molecule has 3 nitrogen and oxygen atoms in total. The van der Waals surface area contributed by atoms with Gasteiger partial charge in [0.1, 0.15) is 11.5 Å². The molecule has 0 aliphatic carbocycles. The summed E-state index contributed by atoms with van der Waals surface area (Å²) in [6.07, 6.45) is 3.55. The number of hydrogen-bond acceptors (Lipinski definition) is 3. The second-order valence-electron chi connectivity index (χ2n) is 4.55. The topological polar surface area (TPSA) is 51.3 Å². The number of nitrogen functional groups attached to an aromatic ring is 1. The van der Waals surface area contributed by atoms with E-state index in [2.05, 4.69) is 28.2 Å². The van der Waals surface area contributed by atoms with Crippen molar-refractivity contribution >= 4 is 17.7 Å². The maximum absolute atomic E-state index is 5.99. The van der Waals surface area contributed by atoms with Crippen LogP contribution in [0, 0.1) is 6.92 Å². The molecule has 0 radical (unpaired) electrons. The molecule has 1 aromatic carbocycles. The van der Waals surface area contributed by atoms with E-state index in [0.29, 0.717) is 5.82 Å². The fourth-order valence-electron chi connectivity index (χ4n) is 2.01. The zero-order chi connectivity index (χ0) is 13.7. The number of rotatable bonds is 4. The maximum atomic E-state index is 5.99. The fourth-order valence-corrected chi connectivity index (χ4v) is 2.01. The maximum Gasteiger partial charge on any atom is 0.149 e. The molecule has 0 unspecified atom stereocenters. The van der Waals surface area contributed by atoms with Crippen LogP contribution in [0.4, 0.5) is 11.5 Å². The highest BCUT2D eigenvalue weighted by Crippen LogP contribution is 2.26. The smallest absolute Gasteiger partial charge is 0.149 e. The Morgan fingerprint density at radius 3 is 2.63 bits per heavy atom. The van der Waals surface area contributed by atoms with Gasteiger partial charge in [-0.3, -0.25) is 4.99 Å². The van der Waals surface area contributed by atoms with Gasteiger partial charge >= 0.3 is 0 Å². The number of aromatic nitrogens is 1. The van der Waals surface area contributed by atoms with Crippen molar-refractivity contribution in [3.63, 3.8) is 0 Å². The molecule has 98 valence electrons. The van der Waals surface area contributed by atoms with Gasteiger partial charge in [-0.05, 0) is 30.5 Å². The third-order valence-electron chi connectivity index (χ3n) is 2.89. The number of aliphatic imine (C=N–C) groups is 1. The van der Waals surface area contributed by atoms with Gasteiger partial charge in [-0.25, -0.2) is 4.98 Å². The molecule has 1 aromatic heterocycles. The van der Waals surface area contributed by atoms with Gasteiger partial charge in [0, 0.05) is 18.3 Å². The minimum absolute atomic E-state index is 0.510. The SMILES string of the molecule is CCC=Nc1c(C)cc(Cc2ccccc2)nc1N. The molecule has 0 aliphatic heterocycles. The van der Waals surface area contributed by atoms with Crippen molar-refractivity contribution in [2.45, 2.75) is 26.7 Å². The number of benzene rings is 1. The lowest BCUT2D eigenvalue weighted by atomic mass is 10.1. The molecule has 0 saturated carbocycles. The summed E-state index contributed by atoms with van der Waals surface area (Å²) in [5.41, 5.74) is 10.1. The lowest BCUT2D eigenvalue weighted by molar-refractivity contribution is 1.07. The van der Waals surface area contributed by atoms with Crippen LogP contribution in [0.2, 0.25) is 0 Å². The number of nitrogens with two attached hydrogens (primary N) is 1. The first kappa shape index (κ1) is 13.3. The van der Waals surface area contributed by atoms with Crippen LogP contribution in [0.5, 0.6) is 0 Å². The van der Waals surface area contributed by atoms with Crippen LogP contribution in [-0.2, 0) is 6.42 Å². The van der Waals surface area contributed by atoms with E-state index in [9.17, 15) is 0 Å². The van der Waals surface area contributed by atoms with Gasteiger partial charge in [0.25, 0.3) is 0 Å². The Labute approximate surface area is 114 Å². The van der Waals surface area contributed by atoms with Gasteiger partial charge in [0.15, 0.2) is 0 Å². The lowest BCUT2D eigenvalue weighted by Gasteiger charge is -2.08. The molecule has 19 heavy (non-hydrogen) atoms. The van der Waals surface area contributed by atoms with Crippen LogP contribution in [0.3, 0.4) is 0 Å². The van der Waals surface area contributed by atoms with Gasteiger partial charge in [-0.1, -0.05) is 37.3 Å². The molecule has 2 N–H and O–H groups in total. The summed E-state index contributed by atoms with van der Waals surface area (Å²) < 4.78 is 0. The van der Waals surface area contributed by atoms with Crippen molar-refractivity contribution < 1.29 is 0 Å². The van der Waals surface area contributed by atoms with Crippen LogP contribution in [-0.4, -0.2) is 11.2 Å². The highest BCUT2D eigenvalue weighted by molar-refractivity contribution is 5.71. The third-order valence-corrected chi connectivity index (χ3v) is 2.89. The summed E-state index contributed by atoms with van der Waals surface area (Å²) in [5, 5.41) is 0. The molecule has 1 heterocycles. The standard InChI is InChI=1S/C16H19N3/c1-3-9-18-15-12(2)10-14(19-16(15)17)11-13-7-5-4-6-8-13/h4-10H,3,11H2,1-2H3,(H2,17,19). The van der Waals surface area contributed by atoms with Crippen LogP contribution in [0.1, 0.15) is 30.2 Å². The second kappa shape index (κ2) is 6.14. The van der Waals surface area contributed by atoms with E-state index < -0.39 is 0 Å². The van der Waals surface area contributed by atoms with Gasteiger partial charge in [-0.15, -0.1) is 0 Å². The monoisotopic (exact) mass is 253 g/mol. The van der Waals surface area contributed by atoms with Crippen LogP contribution < -0.4 is 5.73 Å². The average molecular weight is 253 g/mol. The molecule has 2 rings (SSSR count). The molecule has 0 amide bonds. The van der Waals surface area contributed by atoms with E-state index in [1.54, 1.807) is 0 Å². The fraction of sp³-hybridized carbons (Fsp3) is 0.250. The van der Waals surface area contributed by atoms with Crippen LogP contribution in [0.15, 0.2) is 41.4 Å². The summed E-state index contributed by atoms with van der Waals surface area (Å²) in [4.78, 5) is 8.81. The number of aryl methyl sites for hydroxylation is 1. The van der Waals surface area contributed by atoms with Crippen molar-refractivity contribution in [1.82, 2.24) is 4.98 Å². The minimum atomic E-state index is 0.510. The summed E-state index contributed by atoms with van der Waals surface area (Å²) in [6, 6.07) is 12.3. The molecule has 2 aromatic rings. The molecular formula is C16H19N3. The molecule has 0 fully saturated rings. The molecule has 0 saturated heterocycles. The van der Waals surface area contributed by atoms with Gasteiger partial charge in [0.05, 0.1) is 0 Å². The molecular weight excluding hydrogens is 234 g/mol. The van der Waals surface area contributed by atoms with E-state index in [4.69, 9.17) is 5.73 Å². The van der Waals surface area contributed by atoms with Crippen molar-refractivity contribution in [2.24, 2.45) is 4.99 Å². The van der Waals surface area contributed by atoms with Gasteiger partial charge < -0.3 is 5.73 Å². The second-order valence-corrected chi connectivity index (χ2v) is 4.55. The first-order valence-electron chi connectivity index (χ1n) is 6.53. The van der Waals surface area contributed by atoms with Gasteiger partial charge in [0.2, 0.25) is 0 Å². The Morgan fingerprint density at radius 1 is 1.26 bits per heavy atom. The Bertz CT molecular complexity index is 551. The largest absolute Gasteiger partial charge is 0.382 e. The zero-order valence-corrected chi connectivity index (χ0v) is 11.4. The number of hydrogen-bond donors (Lipinski definition) is 1. The van der Waals surface area contributed by atoms with Crippen molar-refractivity contribution in [1.29, 1.82) is 0 Å². The van der Waals surface area contributed by atoms with Crippen LogP contribution in [0.25, 0.3) is 0 Å². The highest BCUT2D eigenvalue weighted by atomic mass is 14.9. The summed E-state index contributed by atoms with van der Waals surface area (Å²) in [5.74, 6) is 0.510. The number of nitrogens with zero attached hydrogens (tertiary/aromatic N) is 2. The number of anilines is 1. The molecule has 3 heteroatoms.